The molecule has 8 heteroatoms. The average molecular weight is 277 g/mol. The summed E-state index contributed by atoms with van der Waals surface area (Å²) in [4.78, 5) is 12.4. The highest BCUT2D eigenvalue weighted by Crippen LogP contribution is 2.15. The molecular formula is C11H15N7S. The van der Waals surface area contributed by atoms with Crippen LogP contribution in [-0.2, 0) is 5.75 Å². The van der Waals surface area contributed by atoms with E-state index in [1.54, 1.807) is 0 Å². The number of hydrogen-bond donors (Lipinski definition) is 3. The summed E-state index contributed by atoms with van der Waals surface area (Å²) in [5.74, 6) is 1.08. The lowest BCUT2D eigenvalue weighted by molar-refractivity contribution is 1.01. The van der Waals surface area contributed by atoms with Crippen molar-refractivity contribution >= 4 is 28.7 Å². The van der Waals surface area contributed by atoms with E-state index in [2.05, 4.69) is 15.0 Å². The SMILES string of the molecule is Cc1cc(C)n2cc(CSC(=N)N=C(N)N)nc2n1. The molecule has 0 saturated carbocycles. The second kappa shape index (κ2) is 5.27. The lowest BCUT2D eigenvalue weighted by Crippen LogP contribution is -2.23. The molecule has 0 saturated heterocycles. The normalized spacial score (nSPS) is 10.6. The van der Waals surface area contributed by atoms with E-state index >= 15 is 0 Å². The first kappa shape index (κ1) is 13.3. The molecule has 0 unspecified atom stereocenters. The maximum atomic E-state index is 7.54. The molecule has 0 radical (unpaired) electrons. The molecule has 0 aliphatic carbocycles. The maximum absolute atomic E-state index is 7.54. The summed E-state index contributed by atoms with van der Waals surface area (Å²) in [5.41, 5.74) is 13.3. The van der Waals surface area contributed by atoms with Crippen LogP contribution in [0.3, 0.4) is 0 Å². The molecule has 2 aromatic rings. The van der Waals surface area contributed by atoms with Gasteiger partial charge in [-0.15, -0.1) is 0 Å². The third-order valence-electron chi connectivity index (χ3n) is 2.40. The van der Waals surface area contributed by atoms with Crippen molar-refractivity contribution in [3.05, 3.63) is 29.3 Å². The number of amidine groups is 1. The Hall–Kier alpha value is -2.09. The fourth-order valence-electron chi connectivity index (χ4n) is 1.68. The first-order chi connectivity index (χ1) is 8.95. The topological polar surface area (TPSA) is 118 Å². The van der Waals surface area contributed by atoms with Crippen molar-refractivity contribution in [2.75, 3.05) is 0 Å². The molecule has 2 rings (SSSR count). The van der Waals surface area contributed by atoms with Gasteiger partial charge in [-0.05, 0) is 19.9 Å². The van der Waals surface area contributed by atoms with Crippen LogP contribution in [0.4, 0.5) is 0 Å². The van der Waals surface area contributed by atoms with E-state index in [-0.39, 0.29) is 11.1 Å². The van der Waals surface area contributed by atoms with Crippen LogP contribution in [0, 0.1) is 19.3 Å². The van der Waals surface area contributed by atoms with E-state index < -0.39 is 0 Å². The average Bonchev–Trinajstić information content (AvgIpc) is 2.68. The van der Waals surface area contributed by atoms with Gasteiger partial charge in [0.2, 0.25) is 5.78 Å². The van der Waals surface area contributed by atoms with Crippen molar-refractivity contribution in [3.8, 4) is 0 Å². The molecule has 100 valence electrons. The molecule has 2 heterocycles. The number of thioether (sulfide) groups is 1. The molecule has 7 nitrogen and oxygen atoms in total. The smallest absolute Gasteiger partial charge is 0.234 e. The van der Waals surface area contributed by atoms with Gasteiger partial charge < -0.3 is 11.5 Å². The monoisotopic (exact) mass is 277 g/mol. The maximum Gasteiger partial charge on any atom is 0.234 e. The first-order valence-electron chi connectivity index (χ1n) is 5.59. The van der Waals surface area contributed by atoms with Gasteiger partial charge in [0, 0.05) is 23.3 Å². The van der Waals surface area contributed by atoms with Crippen LogP contribution in [0.25, 0.3) is 5.78 Å². The number of aromatic nitrogens is 3. The Morgan fingerprint density at radius 2 is 2.16 bits per heavy atom. The van der Waals surface area contributed by atoms with Crippen molar-refractivity contribution < 1.29 is 0 Å². The third-order valence-corrected chi connectivity index (χ3v) is 3.20. The molecule has 0 spiro atoms. The number of aryl methyl sites for hydroxylation is 2. The highest BCUT2D eigenvalue weighted by atomic mass is 32.2. The Balaban J connectivity index is 2.16. The first-order valence-corrected chi connectivity index (χ1v) is 6.57. The van der Waals surface area contributed by atoms with Crippen molar-refractivity contribution in [2.24, 2.45) is 16.5 Å². The number of nitrogens with one attached hydrogen (secondary N) is 1. The molecule has 0 amide bonds. The lowest BCUT2D eigenvalue weighted by Gasteiger charge is -1.98. The molecule has 5 N–H and O–H groups in total. The molecule has 0 atom stereocenters. The molecule has 0 aliphatic heterocycles. The highest BCUT2D eigenvalue weighted by molar-refractivity contribution is 8.13. The Morgan fingerprint density at radius 1 is 1.42 bits per heavy atom. The largest absolute Gasteiger partial charge is 0.370 e. The van der Waals surface area contributed by atoms with Gasteiger partial charge in [0.15, 0.2) is 11.1 Å². The minimum Gasteiger partial charge on any atom is -0.370 e. The van der Waals surface area contributed by atoms with Crippen molar-refractivity contribution in [2.45, 2.75) is 19.6 Å². The third kappa shape index (κ3) is 3.22. The van der Waals surface area contributed by atoms with Gasteiger partial charge in [-0.3, -0.25) is 9.81 Å². The Kier molecular flexibility index (Phi) is 3.70. The number of imidazole rings is 1. The van der Waals surface area contributed by atoms with Crippen molar-refractivity contribution in [3.63, 3.8) is 0 Å². The minimum atomic E-state index is -0.111. The van der Waals surface area contributed by atoms with E-state index in [1.165, 1.54) is 11.8 Å². The molecule has 0 fully saturated rings. The molecule has 0 aliphatic rings. The Morgan fingerprint density at radius 3 is 2.84 bits per heavy atom. The summed E-state index contributed by atoms with van der Waals surface area (Å²) < 4.78 is 1.92. The van der Waals surface area contributed by atoms with Gasteiger partial charge in [0.05, 0.1) is 5.69 Å². The minimum absolute atomic E-state index is 0.0675. The molecule has 2 aromatic heterocycles. The fourth-order valence-corrected chi connectivity index (χ4v) is 2.27. The second-order valence-corrected chi connectivity index (χ2v) is 5.04. The van der Waals surface area contributed by atoms with Gasteiger partial charge in [-0.25, -0.2) is 9.97 Å². The molecule has 19 heavy (non-hydrogen) atoms. The molecular weight excluding hydrogens is 262 g/mol. The number of fused-ring (bicyclic) bond motifs is 1. The van der Waals surface area contributed by atoms with Crippen LogP contribution >= 0.6 is 11.8 Å². The van der Waals surface area contributed by atoms with E-state index in [0.29, 0.717) is 11.5 Å². The lowest BCUT2D eigenvalue weighted by atomic mass is 10.3. The zero-order chi connectivity index (χ0) is 14.0. The highest BCUT2D eigenvalue weighted by Gasteiger charge is 2.07. The van der Waals surface area contributed by atoms with Crippen molar-refractivity contribution in [1.82, 2.24) is 14.4 Å². The fraction of sp³-hybridized carbons (Fsp3) is 0.273. The zero-order valence-corrected chi connectivity index (χ0v) is 11.5. The summed E-state index contributed by atoms with van der Waals surface area (Å²) in [6.07, 6.45) is 1.91. The van der Waals surface area contributed by atoms with Crippen molar-refractivity contribution in [1.29, 1.82) is 5.41 Å². The summed E-state index contributed by atoms with van der Waals surface area (Å²) in [7, 11) is 0. The van der Waals surface area contributed by atoms with Crippen LogP contribution in [0.2, 0.25) is 0 Å². The number of rotatable bonds is 2. The zero-order valence-electron chi connectivity index (χ0n) is 10.7. The quantitative estimate of drug-likeness (QED) is 0.554. The molecule has 0 aromatic carbocycles. The Bertz CT molecular complexity index is 654. The summed E-state index contributed by atoms with van der Waals surface area (Å²) in [6, 6.07) is 1.99. The predicted octanol–water partition coefficient (Wildman–Crippen LogP) is 0.788. The van der Waals surface area contributed by atoms with Crippen LogP contribution in [0.5, 0.6) is 0 Å². The molecule has 0 bridgehead atoms. The van der Waals surface area contributed by atoms with Crippen LogP contribution < -0.4 is 11.5 Å². The van der Waals surface area contributed by atoms with Gasteiger partial charge in [0.1, 0.15) is 0 Å². The van der Waals surface area contributed by atoms with Gasteiger partial charge in [0.25, 0.3) is 0 Å². The summed E-state index contributed by atoms with van der Waals surface area (Å²) in [5, 5.41) is 7.61. The van der Waals surface area contributed by atoms with Crippen LogP contribution in [0.1, 0.15) is 17.1 Å². The predicted molar refractivity (Wildman–Crippen MR) is 77.3 cm³/mol. The van der Waals surface area contributed by atoms with Gasteiger partial charge >= 0.3 is 0 Å². The number of nitrogens with zero attached hydrogens (tertiary/aromatic N) is 4. The van der Waals surface area contributed by atoms with E-state index in [0.717, 1.165) is 17.1 Å². The van der Waals surface area contributed by atoms with E-state index in [4.69, 9.17) is 16.9 Å². The second-order valence-electron chi connectivity index (χ2n) is 4.07. The van der Waals surface area contributed by atoms with Gasteiger partial charge in [-0.1, -0.05) is 11.8 Å². The number of guanidine groups is 1. The summed E-state index contributed by atoms with van der Waals surface area (Å²) in [6.45, 7) is 3.94. The number of nitrogens with two attached hydrogens (primary N) is 2. The standard InChI is InChI=1S/C11H15N7S/c1-6-3-7(2)18-4-8(16-11(18)15-6)5-19-10(14)17-9(12)13/h3-4H,5H2,1-2H3,(H5,12,13,14,17). The number of aliphatic imine (C=N–C) groups is 1. The Labute approximate surface area is 114 Å². The summed E-state index contributed by atoms with van der Waals surface area (Å²) >= 11 is 1.22. The van der Waals surface area contributed by atoms with E-state index in [1.807, 2.05) is 30.5 Å². The van der Waals surface area contributed by atoms with E-state index in [9.17, 15) is 0 Å². The van der Waals surface area contributed by atoms with Gasteiger partial charge in [-0.2, -0.15) is 4.99 Å². The van der Waals surface area contributed by atoms with Crippen LogP contribution in [0.15, 0.2) is 17.3 Å². The van der Waals surface area contributed by atoms with Crippen LogP contribution in [-0.4, -0.2) is 25.5 Å². The number of hydrogen-bond acceptors (Lipinski definition) is 4.